The van der Waals surface area contributed by atoms with E-state index in [0.717, 1.165) is 13.0 Å². The van der Waals surface area contributed by atoms with Gasteiger partial charge in [-0.25, -0.2) is 9.59 Å². The van der Waals surface area contributed by atoms with Gasteiger partial charge in [0.1, 0.15) is 0 Å². The number of aliphatic hydroxyl groups is 1. The summed E-state index contributed by atoms with van der Waals surface area (Å²) in [6, 6.07) is 14.9. The average Bonchev–Trinajstić information content (AvgIpc) is 2.56. The van der Waals surface area contributed by atoms with Crippen LogP contribution in [0.2, 0.25) is 0 Å². The lowest BCUT2D eigenvalue weighted by Crippen LogP contribution is -2.31. The zero-order chi connectivity index (χ0) is 17.2. The van der Waals surface area contributed by atoms with E-state index in [2.05, 4.69) is 54.7 Å². The Morgan fingerprint density at radius 1 is 1.04 bits per heavy atom. The van der Waals surface area contributed by atoms with Crippen LogP contribution < -0.4 is 5.32 Å². The van der Waals surface area contributed by atoms with Crippen LogP contribution in [0.1, 0.15) is 18.9 Å². The molecule has 2 rings (SSSR count). The highest BCUT2D eigenvalue weighted by Crippen LogP contribution is 2.18. The lowest BCUT2D eigenvalue weighted by molar-refractivity contribution is -0.159. The summed E-state index contributed by atoms with van der Waals surface area (Å²) in [6.07, 6.45) is 0.946. The summed E-state index contributed by atoms with van der Waals surface area (Å²) >= 11 is 0. The van der Waals surface area contributed by atoms with E-state index >= 15 is 0 Å². The molecule has 0 bridgehead atoms. The Labute approximate surface area is 134 Å². The summed E-state index contributed by atoms with van der Waals surface area (Å²) in [6.45, 7) is 3.08. The molecule has 6 nitrogen and oxygen atoms in total. The van der Waals surface area contributed by atoms with Crippen molar-refractivity contribution in [2.75, 3.05) is 6.61 Å². The first-order valence-corrected chi connectivity index (χ1v) is 7.26. The van der Waals surface area contributed by atoms with Gasteiger partial charge in [0, 0.05) is 12.6 Å². The third-order valence-electron chi connectivity index (χ3n) is 3.36. The number of benzene rings is 2. The molecule has 1 atom stereocenters. The van der Waals surface area contributed by atoms with Gasteiger partial charge in [0.25, 0.3) is 0 Å². The molecule has 0 aromatic heterocycles. The number of carboxylic acid groups (broad SMARTS) is 2. The van der Waals surface area contributed by atoms with Crippen molar-refractivity contribution in [3.63, 3.8) is 0 Å². The molecule has 23 heavy (non-hydrogen) atoms. The molecule has 0 aliphatic heterocycles. The minimum atomic E-state index is -1.82. The van der Waals surface area contributed by atoms with Crippen LogP contribution in [-0.4, -0.2) is 39.9 Å². The molecule has 1 unspecified atom stereocenters. The normalized spacial score (nSPS) is 11.4. The van der Waals surface area contributed by atoms with Crippen LogP contribution in [0.3, 0.4) is 0 Å². The topological polar surface area (TPSA) is 107 Å². The zero-order valence-electron chi connectivity index (χ0n) is 12.9. The fourth-order valence-corrected chi connectivity index (χ4v) is 2.04. The van der Waals surface area contributed by atoms with E-state index in [1.807, 2.05) is 0 Å². The summed E-state index contributed by atoms with van der Waals surface area (Å²) in [4.78, 5) is 18.2. The first-order valence-electron chi connectivity index (χ1n) is 7.26. The van der Waals surface area contributed by atoms with Crippen molar-refractivity contribution in [3.05, 3.63) is 48.0 Å². The molecule has 0 radical (unpaired) electrons. The van der Waals surface area contributed by atoms with Crippen LogP contribution >= 0.6 is 0 Å². The molecule has 6 heteroatoms. The number of nitrogens with one attached hydrogen (secondary N) is 1. The number of aliphatic hydroxyl groups excluding tert-OH is 1. The van der Waals surface area contributed by atoms with Gasteiger partial charge in [-0.3, -0.25) is 0 Å². The maximum Gasteiger partial charge on any atom is 0.414 e. The second kappa shape index (κ2) is 9.55. The SMILES string of the molecule is CCC(CO)NCc1cccc2ccccc12.O=C(O)C(=O)O. The second-order valence-corrected chi connectivity index (χ2v) is 4.92. The van der Waals surface area contributed by atoms with Crippen molar-refractivity contribution in [2.24, 2.45) is 0 Å². The van der Waals surface area contributed by atoms with Crippen LogP contribution in [0, 0.1) is 0 Å². The highest BCUT2D eigenvalue weighted by molar-refractivity contribution is 6.27. The molecule has 4 N–H and O–H groups in total. The predicted octanol–water partition coefficient (Wildman–Crippen LogP) is 1.86. The summed E-state index contributed by atoms with van der Waals surface area (Å²) < 4.78 is 0. The molecule has 0 heterocycles. The number of hydrogen-bond donors (Lipinski definition) is 4. The summed E-state index contributed by atoms with van der Waals surface area (Å²) in [7, 11) is 0. The standard InChI is InChI=1S/C15H19NO.C2H2O4/c1-2-14(11-17)16-10-13-8-5-7-12-6-3-4-9-15(12)13;3-1(4)2(5)6/h3-9,14,16-17H,2,10-11H2,1H3;(H,3,4)(H,5,6). The number of fused-ring (bicyclic) bond motifs is 1. The first-order chi connectivity index (χ1) is 11.0. The fraction of sp³-hybridized carbons (Fsp3) is 0.294. The van der Waals surface area contributed by atoms with Crippen molar-refractivity contribution in [2.45, 2.75) is 25.9 Å². The molecule has 2 aromatic carbocycles. The third kappa shape index (κ3) is 6.06. The smallest absolute Gasteiger partial charge is 0.414 e. The van der Waals surface area contributed by atoms with E-state index in [1.165, 1.54) is 16.3 Å². The molecule has 0 saturated carbocycles. The minimum absolute atomic E-state index is 0.189. The van der Waals surface area contributed by atoms with Gasteiger partial charge >= 0.3 is 11.9 Å². The highest BCUT2D eigenvalue weighted by Gasteiger charge is 2.05. The average molecular weight is 319 g/mol. The maximum atomic E-state index is 9.15. The number of carbonyl (C=O) groups is 2. The third-order valence-corrected chi connectivity index (χ3v) is 3.36. The number of carboxylic acids is 2. The van der Waals surface area contributed by atoms with E-state index in [1.54, 1.807) is 0 Å². The van der Waals surface area contributed by atoms with E-state index in [-0.39, 0.29) is 12.6 Å². The van der Waals surface area contributed by atoms with Crippen molar-refractivity contribution >= 4 is 22.7 Å². The molecule has 124 valence electrons. The summed E-state index contributed by atoms with van der Waals surface area (Å²) in [5.74, 6) is -3.65. The van der Waals surface area contributed by atoms with Gasteiger partial charge in [-0.15, -0.1) is 0 Å². The van der Waals surface area contributed by atoms with Crippen molar-refractivity contribution in [1.82, 2.24) is 5.32 Å². The van der Waals surface area contributed by atoms with Gasteiger partial charge in [0.05, 0.1) is 6.61 Å². The molecule has 0 spiro atoms. The van der Waals surface area contributed by atoms with Crippen LogP contribution in [-0.2, 0) is 16.1 Å². The first kappa shape index (κ1) is 18.6. The van der Waals surface area contributed by atoms with Crippen LogP contribution in [0.4, 0.5) is 0 Å². The molecule has 0 fully saturated rings. The Morgan fingerprint density at radius 3 is 2.22 bits per heavy atom. The fourth-order valence-electron chi connectivity index (χ4n) is 2.04. The Balaban J connectivity index is 0.000000379. The second-order valence-electron chi connectivity index (χ2n) is 4.92. The lowest BCUT2D eigenvalue weighted by atomic mass is 10.0. The van der Waals surface area contributed by atoms with Gasteiger partial charge in [-0.1, -0.05) is 49.4 Å². The van der Waals surface area contributed by atoms with Gasteiger partial charge in [0.2, 0.25) is 0 Å². The Hall–Kier alpha value is -2.44. The lowest BCUT2D eigenvalue weighted by Gasteiger charge is -2.15. The van der Waals surface area contributed by atoms with Gasteiger partial charge in [-0.2, -0.15) is 0 Å². The van der Waals surface area contributed by atoms with Crippen LogP contribution in [0.15, 0.2) is 42.5 Å². The molecule has 0 amide bonds. The van der Waals surface area contributed by atoms with Gasteiger partial charge in [-0.05, 0) is 22.8 Å². The van der Waals surface area contributed by atoms with Crippen molar-refractivity contribution < 1.29 is 24.9 Å². The molecular formula is C17H21NO5. The van der Waals surface area contributed by atoms with Crippen molar-refractivity contribution in [3.8, 4) is 0 Å². The molecule has 0 aliphatic carbocycles. The van der Waals surface area contributed by atoms with E-state index < -0.39 is 11.9 Å². The number of hydrogen-bond acceptors (Lipinski definition) is 4. The maximum absolute atomic E-state index is 9.15. The Bertz CT molecular complexity index is 635. The summed E-state index contributed by atoms with van der Waals surface area (Å²) in [5, 5.41) is 29.9. The van der Waals surface area contributed by atoms with Crippen LogP contribution in [0.25, 0.3) is 10.8 Å². The molecular weight excluding hydrogens is 298 g/mol. The highest BCUT2D eigenvalue weighted by atomic mass is 16.4. The summed E-state index contributed by atoms with van der Waals surface area (Å²) in [5.41, 5.74) is 1.29. The largest absolute Gasteiger partial charge is 0.473 e. The predicted molar refractivity (Wildman–Crippen MR) is 87.2 cm³/mol. The van der Waals surface area contributed by atoms with Crippen molar-refractivity contribution in [1.29, 1.82) is 0 Å². The molecule has 0 saturated heterocycles. The van der Waals surface area contributed by atoms with E-state index in [4.69, 9.17) is 24.9 Å². The molecule has 2 aromatic rings. The Morgan fingerprint density at radius 2 is 1.65 bits per heavy atom. The number of rotatable bonds is 5. The van der Waals surface area contributed by atoms with E-state index in [9.17, 15) is 0 Å². The minimum Gasteiger partial charge on any atom is -0.473 e. The van der Waals surface area contributed by atoms with Gasteiger partial charge in [0.15, 0.2) is 0 Å². The zero-order valence-corrected chi connectivity index (χ0v) is 12.9. The van der Waals surface area contributed by atoms with E-state index in [0.29, 0.717) is 0 Å². The molecule has 0 aliphatic rings. The number of aliphatic carboxylic acids is 2. The monoisotopic (exact) mass is 319 g/mol. The quantitative estimate of drug-likeness (QED) is 0.627. The van der Waals surface area contributed by atoms with Gasteiger partial charge < -0.3 is 20.6 Å². The van der Waals surface area contributed by atoms with Crippen LogP contribution in [0.5, 0.6) is 0 Å². The Kier molecular flexibility index (Phi) is 7.73.